The fraction of sp³-hybridized carbons (Fsp3) is 0.500. The van der Waals surface area contributed by atoms with E-state index in [0.717, 1.165) is 31.0 Å². The average molecular weight is 290 g/mol. The van der Waals surface area contributed by atoms with Crippen molar-refractivity contribution in [3.8, 4) is 0 Å². The van der Waals surface area contributed by atoms with E-state index in [1.54, 1.807) is 0 Å². The number of aryl methyl sites for hydroxylation is 1. The largest absolute Gasteiger partial charge is 0.349 e. The molecule has 0 unspecified atom stereocenters. The molecule has 108 valence electrons. The molecule has 3 nitrogen and oxygen atoms in total. The molecule has 0 radical (unpaired) electrons. The summed E-state index contributed by atoms with van der Waals surface area (Å²) in [4.78, 5) is 14.4. The zero-order valence-electron chi connectivity index (χ0n) is 12.2. The number of nitrogens with one attached hydrogen (secondary N) is 1. The SMILES string of the molecule is CCCN(CC1CC1)C(=S)NC(=O)c1ccccc1C. The van der Waals surface area contributed by atoms with Gasteiger partial charge in [-0.05, 0) is 56.0 Å². The molecule has 1 aromatic rings. The van der Waals surface area contributed by atoms with Crippen LogP contribution in [-0.4, -0.2) is 29.0 Å². The number of benzene rings is 1. The third-order valence-electron chi connectivity index (χ3n) is 3.57. The molecule has 0 saturated heterocycles. The summed E-state index contributed by atoms with van der Waals surface area (Å²) in [6.07, 6.45) is 3.61. The van der Waals surface area contributed by atoms with Gasteiger partial charge in [0.05, 0.1) is 0 Å². The molecule has 20 heavy (non-hydrogen) atoms. The Bertz CT molecular complexity index is 497. The Morgan fingerprint density at radius 2 is 2.10 bits per heavy atom. The van der Waals surface area contributed by atoms with Gasteiger partial charge < -0.3 is 4.90 Å². The molecule has 4 heteroatoms. The van der Waals surface area contributed by atoms with Crippen molar-refractivity contribution in [2.45, 2.75) is 33.1 Å². The van der Waals surface area contributed by atoms with Gasteiger partial charge in [-0.25, -0.2) is 0 Å². The molecular formula is C16H22N2OS. The molecule has 1 amide bonds. The Morgan fingerprint density at radius 3 is 2.70 bits per heavy atom. The maximum atomic E-state index is 12.3. The maximum absolute atomic E-state index is 12.3. The Hall–Kier alpha value is -1.42. The van der Waals surface area contributed by atoms with Crippen LogP contribution >= 0.6 is 12.2 Å². The highest BCUT2D eigenvalue weighted by atomic mass is 32.1. The minimum atomic E-state index is -0.106. The maximum Gasteiger partial charge on any atom is 0.257 e. The normalized spacial score (nSPS) is 13.9. The lowest BCUT2D eigenvalue weighted by Gasteiger charge is -2.25. The molecule has 2 rings (SSSR count). The molecule has 0 heterocycles. The molecule has 0 bridgehead atoms. The first kappa shape index (κ1) is 15.0. The summed E-state index contributed by atoms with van der Waals surface area (Å²) in [5.74, 6) is 0.653. The summed E-state index contributed by atoms with van der Waals surface area (Å²) >= 11 is 5.40. The molecule has 1 saturated carbocycles. The van der Waals surface area contributed by atoms with Crippen molar-refractivity contribution in [2.24, 2.45) is 5.92 Å². The molecule has 1 aliphatic carbocycles. The highest BCUT2D eigenvalue weighted by Gasteiger charge is 2.25. The van der Waals surface area contributed by atoms with Crippen LogP contribution in [0.5, 0.6) is 0 Å². The predicted molar refractivity (Wildman–Crippen MR) is 85.8 cm³/mol. The smallest absolute Gasteiger partial charge is 0.257 e. The fourth-order valence-electron chi connectivity index (χ4n) is 2.23. The minimum absolute atomic E-state index is 0.106. The third-order valence-corrected chi connectivity index (χ3v) is 3.93. The first-order chi connectivity index (χ1) is 9.61. The van der Waals surface area contributed by atoms with E-state index in [9.17, 15) is 4.79 Å². The molecular weight excluding hydrogens is 268 g/mol. The highest BCUT2D eigenvalue weighted by molar-refractivity contribution is 7.80. The van der Waals surface area contributed by atoms with Gasteiger partial charge in [0.2, 0.25) is 0 Å². The predicted octanol–water partition coefficient (Wildman–Crippen LogP) is 3.13. The van der Waals surface area contributed by atoms with E-state index in [0.29, 0.717) is 10.7 Å². The lowest BCUT2D eigenvalue weighted by atomic mass is 10.1. The second-order valence-corrected chi connectivity index (χ2v) is 5.85. The number of hydrogen-bond donors (Lipinski definition) is 1. The van der Waals surface area contributed by atoms with E-state index in [2.05, 4.69) is 17.1 Å². The standard InChI is InChI=1S/C16H22N2OS/c1-3-10-18(11-13-8-9-13)16(20)17-15(19)14-7-5-4-6-12(14)2/h4-7,13H,3,8-11H2,1-2H3,(H,17,19,20). The van der Waals surface area contributed by atoms with Gasteiger partial charge in [0.15, 0.2) is 5.11 Å². The molecule has 1 aromatic carbocycles. The van der Waals surface area contributed by atoms with E-state index < -0.39 is 0 Å². The molecule has 1 N–H and O–H groups in total. The van der Waals surface area contributed by atoms with Crippen LogP contribution in [0, 0.1) is 12.8 Å². The average Bonchev–Trinajstić information content (AvgIpc) is 3.22. The highest BCUT2D eigenvalue weighted by Crippen LogP contribution is 2.29. The summed E-state index contributed by atoms with van der Waals surface area (Å²) in [5, 5.41) is 3.44. The summed E-state index contributed by atoms with van der Waals surface area (Å²) < 4.78 is 0. The van der Waals surface area contributed by atoms with Crippen LogP contribution in [0.25, 0.3) is 0 Å². The van der Waals surface area contributed by atoms with Gasteiger partial charge in [-0.1, -0.05) is 25.1 Å². The second kappa shape index (κ2) is 6.84. The number of amides is 1. The molecule has 0 atom stereocenters. The quantitative estimate of drug-likeness (QED) is 0.846. The van der Waals surface area contributed by atoms with Crippen LogP contribution in [0.1, 0.15) is 42.1 Å². The lowest BCUT2D eigenvalue weighted by molar-refractivity contribution is 0.0972. The zero-order chi connectivity index (χ0) is 14.5. The van der Waals surface area contributed by atoms with Crippen molar-refractivity contribution in [1.82, 2.24) is 10.2 Å². The van der Waals surface area contributed by atoms with Crippen molar-refractivity contribution < 1.29 is 4.79 Å². The van der Waals surface area contributed by atoms with Crippen molar-refractivity contribution >= 4 is 23.2 Å². The Balaban J connectivity index is 1.97. The van der Waals surface area contributed by atoms with Crippen LogP contribution in [0.15, 0.2) is 24.3 Å². The van der Waals surface area contributed by atoms with Gasteiger partial charge in [-0.15, -0.1) is 0 Å². The minimum Gasteiger partial charge on any atom is -0.349 e. The van der Waals surface area contributed by atoms with Crippen LogP contribution in [0.2, 0.25) is 0 Å². The van der Waals surface area contributed by atoms with Gasteiger partial charge in [0.25, 0.3) is 5.91 Å². The molecule has 1 aliphatic rings. The van der Waals surface area contributed by atoms with E-state index >= 15 is 0 Å². The van der Waals surface area contributed by atoms with Crippen molar-refractivity contribution in [3.05, 3.63) is 35.4 Å². The number of thiocarbonyl (C=S) groups is 1. The Labute approximate surface area is 126 Å². The molecule has 1 fully saturated rings. The topological polar surface area (TPSA) is 32.3 Å². The summed E-state index contributed by atoms with van der Waals surface area (Å²) in [6.45, 7) is 5.95. The van der Waals surface area contributed by atoms with Crippen LogP contribution < -0.4 is 5.32 Å². The van der Waals surface area contributed by atoms with Gasteiger partial charge in [0, 0.05) is 18.7 Å². The first-order valence-corrected chi connectivity index (χ1v) is 7.68. The van der Waals surface area contributed by atoms with Gasteiger partial charge in [-0.2, -0.15) is 0 Å². The third kappa shape index (κ3) is 4.04. The summed E-state index contributed by atoms with van der Waals surface area (Å²) in [6, 6.07) is 7.57. The molecule has 0 spiro atoms. The van der Waals surface area contributed by atoms with Crippen LogP contribution in [0.4, 0.5) is 0 Å². The van der Waals surface area contributed by atoms with Gasteiger partial charge in [0.1, 0.15) is 0 Å². The number of hydrogen-bond acceptors (Lipinski definition) is 2. The Kier molecular flexibility index (Phi) is 5.12. The van der Waals surface area contributed by atoms with Crippen molar-refractivity contribution in [2.75, 3.05) is 13.1 Å². The lowest BCUT2D eigenvalue weighted by Crippen LogP contribution is -2.44. The molecule has 0 aromatic heterocycles. The number of carbonyl (C=O) groups is 1. The van der Waals surface area contributed by atoms with Crippen molar-refractivity contribution in [3.63, 3.8) is 0 Å². The Morgan fingerprint density at radius 1 is 1.40 bits per heavy atom. The van der Waals surface area contributed by atoms with Crippen LogP contribution in [0.3, 0.4) is 0 Å². The second-order valence-electron chi connectivity index (χ2n) is 5.46. The van der Waals surface area contributed by atoms with Crippen molar-refractivity contribution in [1.29, 1.82) is 0 Å². The first-order valence-electron chi connectivity index (χ1n) is 7.27. The number of rotatable bonds is 5. The molecule has 0 aliphatic heterocycles. The fourth-order valence-corrected chi connectivity index (χ4v) is 2.49. The van der Waals surface area contributed by atoms with E-state index in [4.69, 9.17) is 12.2 Å². The zero-order valence-corrected chi connectivity index (χ0v) is 13.0. The summed E-state index contributed by atoms with van der Waals surface area (Å²) in [5.41, 5.74) is 1.66. The monoisotopic (exact) mass is 290 g/mol. The van der Waals surface area contributed by atoms with E-state index in [-0.39, 0.29) is 5.91 Å². The van der Waals surface area contributed by atoms with Gasteiger partial charge in [-0.3, -0.25) is 10.1 Å². The van der Waals surface area contributed by atoms with E-state index in [1.165, 1.54) is 12.8 Å². The van der Waals surface area contributed by atoms with Gasteiger partial charge >= 0.3 is 0 Å². The summed E-state index contributed by atoms with van der Waals surface area (Å²) in [7, 11) is 0. The number of carbonyl (C=O) groups excluding carboxylic acids is 1. The van der Waals surface area contributed by atoms with Crippen LogP contribution in [-0.2, 0) is 0 Å². The number of nitrogens with zero attached hydrogens (tertiary/aromatic N) is 1. The van der Waals surface area contributed by atoms with E-state index in [1.807, 2.05) is 31.2 Å².